The number of allylic oxidation sites excluding steroid dienone is 1. The van der Waals surface area contributed by atoms with Crippen molar-refractivity contribution >= 4 is 12.0 Å². The third kappa shape index (κ3) is 13.2. The maximum absolute atomic E-state index is 12.3. The van der Waals surface area contributed by atoms with Gasteiger partial charge in [-0.05, 0) is 62.8 Å². The Balaban J connectivity index is 0.000000503. The van der Waals surface area contributed by atoms with Crippen molar-refractivity contribution in [3.05, 3.63) is 94.4 Å². The summed E-state index contributed by atoms with van der Waals surface area (Å²) in [6, 6.07) is 19.6. The van der Waals surface area contributed by atoms with Gasteiger partial charge in [-0.15, -0.1) is 0 Å². The molecule has 0 aliphatic rings. The van der Waals surface area contributed by atoms with Gasteiger partial charge in [-0.2, -0.15) is 5.10 Å². The highest BCUT2D eigenvalue weighted by molar-refractivity contribution is 5.59. The predicted molar refractivity (Wildman–Crippen MR) is 162 cm³/mol. The van der Waals surface area contributed by atoms with Gasteiger partial charge in [-0.3, -0.25) is 4.79 Å². The highest BCUT2D eigenvalue weighted by atomic mass is 16.1. The van der Waals surface area contributed by atoms with Crippen LogP contribution < -0.4 is 10.9 Å². The highest BCUT2D eigenvalue weighted by Crippen LogP contribution is 2.18. The molecule has 0 aliphatic heterocycles. The molecule has 0 spiro atoms. The number of carbonyl (C=O) groups excluding carboxylic acids is 1. The maximum Gasteiger partial charge on any atom is 0.267 e. The van der Waals surface area contributed by atoms with E-state index in [1.165, 1.54) is 29.5 Å². The van der Waals surface area contributed by atoms with Crippen molar-refractivity contribution < 1.29 is 4.79 Å². The molecular formula is C32H46N4O2. The fraction of sp³-hybridized carbons (Fsp3) is 0.406. The minimum absolute atomic E-state index is 0.112. The summed E-state index contributed by atoms with van der Waals surface area (Å²) in [6.07, 6.45) is 6.62. The monoisotopic (exact) mass is 518 g/mol. The Morgan fingerprint density at radius 3 is 2.24 bits per heavy atom. The smallest absolute Gasteiger partial charge is 0.267 e. The summed E-state index contributed by atoms with van der Waals surface area (Å²) in [5.74, 6) is 0. The normalized spacial score (nSPS) is 10.1. The number of rotatable bonds is 11. The zero-order valence-corrected chi connectivity index (χ0v) is 24.2. The second kappa shape index (κ2) is 18.7. The number of nitrogens with one attached hydrogen (secondary N) is 1. The van der Waals surface area contributed by atoms with Crippen molar-refractivity contribution in [2.75, 3.05) is 26.0 Å². The molecule has 1 aromatic heterocycles. The van der Waals surface area contributed by atoms with Crippen molar-refractivity contribution in [2.24, 2.45) is 0 Å². The van der Waals surface area contributed by atoms with E-state index in [1.807, 2.05) is 62.3 Å². The van der Waals surface area contributed by atoms with Gasteiger partial charge in [0.1, 0.15) is 6.29 Å². The number of carbonyl (C=O) groups is 1. The lowest BCUT2D eigenvalue weighted by Crippen LogP contribution is -2.22. The van der Waals surface area contributed by atoms with E-state index >= 15 is 0 Å². The van der Waals surface area contributed by atoms with E-state index in [1.54, 1.807) is 12.1 Å². The SMILES string of the molecule is C=C(C)Nc1cccc(Cn2nc(-c3cccc(CC)c3)ccc2=O)c1.CCCCC.CN(C)CCC=O. The molecule has 0 saturated heterocycles. The van der Waals surface area contributed by atoms with Crippen LogP contribution in [0.15, 0.2) is 77.7 Å². The van der Waals surface area contributed by atoms with Crippen LogP contribution in [0.4, 0.5) is 5.69 Å². The number of hydrogen-bond donors (Lipinski definition) is 1. The van der Waals surface area contributed by atoms with Crippen LogP contribution in [0.5, 0.6) is 0 Å². The number of benzene rings is 2. The molecule has 3 rings (SSSR count). The minimum Gasteiger partial charge on any atom is -0.360 e. The molecule has 0 fully saturated rings. The van der Waals surface area contributed by atoms with E-state index in [0.29, 0.717) is 13.0 Å². The Hall–Kier alpha value is -3.51. The van der Waals surface area contributed by atoms with Crippen LogP contribution in [-0.4, -0.2) is 41.6 Å². The lowest BCUT2D eigenvalue weighted by molar-refractivity contribution is -0.108. The third-order valence-electron chi connectivity index (χ3n) is 5.52. The fourth-order valence-corrected chi connectivity index (χ4v) is 3.50. The van der Waals surface area contributed by atoms with Gasteiger partial charge in [-0.1, -0.05) is 76.9 Å². The summed E-state index contributed by atoms with van der Waals surface area (Å²) >= 11 is 0. The molecule has 0 bridgehead atoms. The number of anilines is 1. The van der Waals surface area contributed by atoms with Gasteiger partial charge < -0.3 is 15.0 Å². The number of aldehydes is 1. The van der Waals surface area contributed by atoms with E-state index in [2.05, 4.69) is 49.9 Å². The van der Waals surface area contributed by atoms with Gasteiger partial charge >= 0.3 is 0 Å². The second-order valence-electron chi connectivity index (χ2n) is 9.49. The molecule has 3 aromatic rings. The second-order valence-corrected chi connectivity index (χ2v) is 9.49. The van der Waals surface area contributed by atoms with E-state index in [-0.39, 0.29) is 5.56 Å². The molecule has 0 unspecified atom stereocenters. The zero-order chi connectivity index (χ0) is 28.3. The van der Waals surface area contributed by atoms with Crippen LogP contribution >= 0.6 is 0 Å². The van der Waals surface area contributed by atoms with Crippen molar-refractivity contribution in [3.8, 4) is 11.3 Å². The van der Waals surface area contributed by atoms with Gasteiger partial charge in [0.05, 0.1) is 12.2 Å². The van der Waals surface area contributed by atoms with Crippen LogP contribution in [0.2, 0.25) is 0 Å². The molecule has 0 atom stereocenters. The topological polar surface area (TPSA) is 67.2 Å². The Morgan fingerprint density at radius 2 is 1.68 bits per heavy atom. The standard InChI is InChI=1S/C22H23N3O.C5H11NO.C5H12/c1-4-17-7-5-9-19(13-17)21-11-12-22(26)25(24-21)15-18-8-6-10-20(14-18)23-16(2)3;1-6(2)4-3-5-7;1-3-5-4-2/h5-14,23H,2,4,15H2,1,3H3;5H,3-4H2,1-2H3;3-5H2,1-2H3. The fourth-order valence-electron chi connectivity index (χ4n) is 3.50. The molecule has 0 aliphatic carbocycles. The highest BCUT2D eigenvalue weighted by Gasteiger charge is 2.06. The number of hydrogen-bond acceptors (Lipinski definition) is 5. The summed E-state index contributed by atoms with van der Waals surface area (Å²) < 4.78 is 1.51. The van der Waals surface area contributed by atoms with Crippen LogP contribution in [0.3, 0.4) is 0 Å². The van der Waals surface area contributed by atoms with E-state index < -0.39 is 0 Å². The maximum atomic E-state index is 12.3. The Kier molecular flexibility index (Phi) is 16.0. The first-order valence-electron chi connectivity index (χ1n) is 13.5. The first-order valence-corrected chi connectivity index (χ1v) is 13.5. The van der Waals surface area contributed by atoms with Crippen LogP contribution in [0.1, 0.15) is 64.5 Å². The van der Waals surface area contributed by atoms with Gasteiger partial charge in [0, 0.05) is 36.0 Å². The Morgan fingerprint density at radius 1 is 1.00 bits per heavy atom. The summed E-state index contributed by atoms with van der Waals surface area (Å²) in [6.45, 7) is 13.6. The number of aromatic nitrogens is 2. The van der Waals surface area contributed by atoms with Gasteiger partial charge in [0.2, 0.25) is 0 Å². The number of unbranched alkanes of at least 4 members (excludes halogenated alkanes) is 2. The van der Waals surface area contributed by atoms with E-state index in [9.17, 15) is 9.59 Å². The van der Waals surface area contributed by atoms with E-state index in [4.69, 9.17) is 0 Å². The predicted octanol–water partition coefficient (Wildman–Crippen LogP) is 6.80. The molecule has 6 nitrogen and oxygen atoms in total. The molecule has 1 N–H and O–H groups in total. The summed E-state index contributed by atoms with van der Waals surface area (Å²) in [4.78, 5) is 23.9. The summed E-state index contributed by atoms with van der Waals surface area (Å²) in [5, 5.41) is 7.76. The van der Waals surface area contributed by atoms with Crippen molar-refractivity contribution in [2.45, 2.75) is 66.3 Å². The molecule has 38 heavy (non-hydrogen) atoms. The molecule has 1 heterocycles. The van der Waals surface area contributed by atoms with Gasteiger partial charge in [-0.25, -0.2) is 4.68 Å². The largest absolute Gasteiger partial charge is 0.360 e. The molecule has 206 valence electrons. The first-order chi connectivity index (χ1) is 18.2. The number of aryl methyl sites for hydroxylation is 1. The summed E-state index contributed by atoms with van der Waals surface area (Å²) in [5.41, 5.74) is 5.79. The molecule has 0 amide bonds. The summed E-state index contributed by atoms with van der Waals surface area (Å²) in [7, 11) is 3.90. The van der Waals surface area contributed by atoms with Crippen molar-refractivity contribution in [3.63, 3.8) is 0 Å². The third-order valence-corrected chi connectivity index (χ3v) is 5.52. The Labute approximate surface area is 229 Å². The van der Waals surface area contributed by atoms with E-state index in [0.717, 1.165) is 47.5 Å². The molecule has 6 heteroatoms. The number of nitrogens with zero attached hydrogens (tertiary/aromatic N) is 3. The zero-order valence-electron chi connectivity index (χ0n) is 24.2. The average molecular weight is 519 g/mol. The Bertz CT molecular complexity index is 1170. The molecule has 0 saturated carbocycles. The molecular weight excluding hydrogens is 472 g/mol. The first kappa shape index (κ1) is 32.5. The van der Waals surface area contributed by atoms with Crippen molar-refractivity contribution in [1.82, 2.24) is 14.7 Å². The van der Waals surface area contributed by atoms with Gasteiger partial charge in [0.25, 0.3) is 5.56 Å². The van der Waals surface area contributed by atoms with Crippen molar-refractivity contribution in [1.29, 1.82) is 0 Å². The van der Waals surface area contributed by atoms with Crippen LogP contribution in [0.25, 0.3) is 11.3 Å². The molecule has 2 aromatic carbocycles. The van der Waals surface area contributed by atoms with Crippen LogP contribution in [0, 0.1) is 0 Å². The average Bonchev–Trinajstić information content (AvgIpc) is 2.90. The molecule has 0 radical (unpaired) electrons. The quantitative estimate of drug-likeness (QED) is 0.283. The lowest BCUT2D eigenvalue weighted by atomic mass is 10.1. The van der Waals surface area contributed by atoms with Crippen LogP contribution in [-0.2, 0) is 17.8 Å². The lowest BCUT2D eigenvalue weighted by Gasteiger charge is -2.10. The minimum atomic E-state index is -0.112. The van der Waals surface area contributed by atoms with Gasteiger partial charge in [0.15, 0.2) is 0 Å².